The molecule has 0 heterocycles. The molecule has 3 aromatic carbocycles. The van der Waals surface area contributed by atoms with Gasteiger partial charge in [-0.25, -0.2) is 0 Å². The van der Waals surface area contributed by atoms with E-state index < -0.39 is 0 Å². The smallest absolute Gasteiger partial charge is 0.00735 e. The van der Waals surface area contributed by atoms with Crippen molar-refractivity contribution in [3.05, 3.63) is 107 Å². The second-order valence-corrected chi connectivity index (χ2v) is 7.38. The van der Waals surface area contributed by atoms with Gasteiger partial charge in [0.2, 0.25) is 0 Å². The van der Waals surface area contributed by atoms with Crippen LogP contribution in [0.4, 0.5) is 0 Å². The predicted octanol–water partition coefficient (Wildman–Crippen LogP) is 7.18. The molecule has 2 atom stereocenters. The molecule has 26 heavy (non-hydrogen) atoms. The van der Waals surface area contributed by atoms with Crippen LogP contribution in [0, 0.1) is 5.92 Å². The zero-order valence-corrected chi connectivity index (χ0v) is 15.7. The van der Waals surface area contributed by atoms with Gasteiger partial charge in [-0.15, -0.1) is 0 Å². The Kier molecular flexibility index (Phi) is 4.75. The molecule has 2 unspecified atom stereocenters. The second kappa shape index (κ2) is 7.33. The molecule has 0 amide bonds. The Morgan fingerprint density at radius 1 is 0.731 bits per heavy atom. The molecule has 0 saturated heterocycles. The van der Waals surface area contributed by atoms with Crippen LogP contribution in [0.2, 0.25) is 0 Å². The molecule has 0 aromatic heterocycles. The van der Waals surface area contributed by atoms with Crippen LogP contribution in [0.5, 0.6) is 0 Å². The molecule has 3 aromatic rings. The van der Waals surface area contributed by atoms with Crippen molar-refractivity contribution in [2.75, 3.05) is 0 Å². The predicted molar refractivity (Wildman–Crippen MR) is 112 cm³/mol. The summed E-state index contributed by atoms with van der Waals surface area (Å²) in [4.78, 5) is 0. The van der Waals surface area contributed by atoms with Crippen molar-refractivity contribution in [1.82, 2.24) is 0 Å². The fourth-order valence-electron chi connectivity index (χ4n) is 3.97. The first-order chi connectivity index (χ1) is 12.8. The number of rotatable bonds is 5. The van der Waals surface area contributed by atoms with Gasteiger partial charge in [-0.1, -0.05) is 98.8 Å². The summed E-state index contributed by atoms with van der Waals surface area (Å²) in [5, 5.41) is 0. The highest BCUT2D eigenvalue weighted by Crippen LogP contribution is 2.47. The Morgan fingerprint density at radius 3 is 1.73 bits per heavy atom. The minimum absolute atomic E-state index is 0.771. The van der Waals surface area contributed by atoms with Crippen LogP contribution in [0.25, 0.3) is 11.1 Å². The van der Waals surface area contributed by atoms with Gasteiger partial charge in [-0.05, 0) is 58.1 Å². The lowest BCUT2D eigenvalue weighted by atomic mass is 9.88. The number of hydrogen-bond acceptors (Lipinski definition) is 0. The summed E-state index contributed by atoms with van der Waals surface area (Å²) in [5.41, 5.74) is 8.17. The van der Waals surface area contributed by atoms with E-state index in [1.54, 1.807) is 0 Å². The summed E-state index contributed by atoms with van der Waals surface area (Å²) in [6.07, 6.45) is 2.35. The molecular formula is C26H26. The molecular weight excluding hydrogens is 312 g/mol. The average molecular weight is 338 g/mol. The zero-order valence-electron chi connectivity index (χ0n) is 15.7. The van der Waals surface area contributed by atoms with E-state index in [0.29, 0.717) is 0 Å². The molecule has 130 valence electrons. The third-order valence-electron chi connectivity index (χ3n) is 5.58. The van der Waals surface area contributed by atoms with Gasteiger partial charge in [0, 0.05) is 0 Å². The highest BCUT2D eigenvalue weighted by Gasteiger charge is 2.33. The molecule has 0 radical (unpaired) electrons. The van der Waals surface area contributed by atoms with Crippen LogP contribution < -0.4 is 0 Å². The maximum atomic E-state index is 2.35. The quantitative estimate of drug-likeness (QED) is 0.432. The van der Waals surface area contributed by atoms with Crippen molar-refractivity contribution < 1.29 is 0 Å². The van der Waals surface area contributed by atoms with E-state index in [-0.39, 0.29) is 0 Å². The van der Waals surface area contributed by atoms with Crippen molar-refractivity contribution in [3.63, 3.8) is 0 Å². The lowest BCUT2D eigenvalue weighted by Crippen LogP contribution is -1.95. The molecule has 1 saturated carbocycles. The first kappa shape index (κ1) is 16.8. The topological polar surface area (TPSA) is 0 Å². The van der Waals surface area contributed by atoms with E-state index >= 15 is 0 Å². The van der Waals surface area contributed by atoms with Crippen LogP contribution in [0.1, 0.15) is 54.9 Å². The molecule has 1 aliphatic rings. The SMILES string of the molecule is CC/C(=C(\c1ccccc1)c1ccc(C2CC2C)cc1)c1ccccc1. The van der Waals surface area contributed by atoms with Gasteiger partial charge < -0.3 is 0 Å². The van der Waals surface area contributed by atoms with Crippen molar-refractivity contribution in [1.29, 1.82) is 0 Å². The van der Waals surface area contributed by atoms with Crippen LogP contribution >= 0.6 is 0 Å². The van der Waals surface area contributed by atoms with Gasteiger partial charge in [0.1, 0.15) is 0 Å². The van der Waals surface area contributed by atoms with Gasteiger partial charge in [0.05, 0.1) is 0 Å². The summed E-state index contributed by atoms with van der Waals surface area (Å²) in [6.45, 7) is 4.60. The van der Waals surface area contributed by atoms with Crippen molar-refractivity contribution in [3.8, 4) is 0 Å². The number of allylic oxidation sites excluding steroid dienone is 1. The fraction of sp³-hybridized carbons (Fsp3) is 0.231. The normalized spacial score (nSPS) is 19.8. The molecule has 0 bridgehead atoms. The summed E-state index contributed by atoms with van der Waals surface area (Å²) in [6, 6.07) is 30.9. The van der Waals surface area contributed by atoms with Crippen molar-refractivity contribution in [2.45, 2.75) is 32.6 Å². The Labute approximate surface area is 157 Å². The third-order valence-corrected chi connectivity index (χ3v) is 5.58. The standard InChI is InChI=1S/C26H26/c1-3-24(20-10-6-4-7-11-20)26(22-12-8-5-9-13-22)23-16-14-21(15-17-23)25-18-19(25)2/h4-17,19,25H,3,18H2,1-2H3/b26-24-. The lowest BCUT2D eigenvalue weighted by molar-refractivity contribution is 0.914. The van der Waals surface area contributed by atoms with E-state index in [4.69, 9.17) is 0 Å². The summed E-state index contributed by atoms with van der Waals surface area (Å²) < 4.78 is 0. The summed E-state index contributed by atoms with van der Waals surface area (Å²) in [7, 11) is 0. The molecule has 0 spiro atoms. The van der Waals surface area contributed by atoms with Gasteiger partial charge in [0.15, 0.2) is 0 Å². The molecule has 0 aliphatic heterocycles. The van der Waals surface area contributed by atoms with E-state index in [1.807, 2.05) is 0 Å². The van der Waals surface area contributed by atoms with Gasteiger partial charge >= 0.3 is 0 Å². The first-order valence-electron chi connectivity index (χ1n) is 9.72. The highest BCUT2D eigenvalue weighted by atomic mass is 14.4. The number of hydrogen-bond donors (Lipinski definition) is 0. The maximum Gasteiger partial charge on any atom is -0.00735 e. The Morgan fingerprint density at radius 2 is 1.23 bits per heavy atom. The third kappa shape index (κ3) is 3.37. The largest absolute Gasteiger partial charge is 0.0622 e. The van der Waals surface area contributed by atoms with Crippen LogP contribution in [-0.4, -0.2) is 0 Å². The van der Waals surface area contributed by atoms with Gasteiger partial charge in [-0.2, -0.15) is 0 Å². The maximum absolute atomic E-state index is 2.35. The molecule has 0 heteroatoms. The molecule has 0 N–H and O–H groups in total. The Bertz CT molecular complexity index is 886. The van der Waals surface area contributed by atoms with E-state index in [9.17, 15) is 0 Å². The summed E-state index contributed by atoms with van der Waals surface area (Å²) in [5.74, 6) is 1.62. The molecule has 1 aliphatic carbocycles. The minimum Gasteiger partial charge on any atom is -0.0622 e. The average Bonchev–Trinajstić information content (AvgIpc) is 3.44. The number of benzene rings is 3. The highest BCUT2D eigenvalue weighted by molar-refractivity contribution is 5.98. The van der Waals surface area contributed by atoms with Crippen molar-refractivity contribution >= 4 is 11.1 Å². The Hall–Kier alpha value is -2.60. The molecule has 4 rings (SSSR count). The monoisotopic (exact) mass is 338 g/mol. The van der Waals surface area contributed by atoms with Crippen LogP contribution in [-0.2, 0) is 0 Å². The summed E-state index contributed by atoms with van der Waals surface area (Å²) >= 11 is 0. The van der Waals surface area contributed by atoms with E-state index in [1.165, 1.54) is 39.8 Å². The Balaban J connectivity index is 1.85. The first-order valence-corrected chi connectivity index (χ1v) is 9.72. The fourth-order valence-corrected chi connectivity index (χ4v) is 3.97. The molecule has 0 nitrogen and oxygen atoms in total. The van der Waals surface area contributed by atoms with Crippen LogP contribution in [0.3, 0.4) is 0 Å². The van der Waals surface area contributed by atoms with Crippen molar-refractivity contribution in [2.24, 2.45) is 5.92 Å². The molecule has 1 fully saturated rings. The minimum atomic E-state index is 0.771. The van der Waals surface area contributed by atoms with E-state index in [0.717, 1.165) is 18.3 Å². The van der Waals surface area contributed by atoms with Gasteiger partial charge in [-0.3, -0.25) is 0 Å². The zero-order chi connectivity index (χ0) is 17.9. The van der Waals surface area contributed by atoms with E-state index in [2.05, 4.69) is 98.8 Å². The van der Waals surface area contributed by atoms with Crippen LogP contribution in [0.15, 0.2) is 84.9 Å². The second-order valence-electron chi connectivity index (χ2n) is 7.38. The van der Waals surface area contributed by atoms with Gasteiger partial charge in [0.25, 0.3) is 0 Å². The lowest BCUT2D eigenvalue weighted by Gasteiger charge is -2.16.